The average molecular weight is 433 g/mol. The van der Waals surface area contributed by atoms with Crippen molar-refractivity contribution in [1.29, 1.82) is 0 Å². The Morgan fingerprint density at radius 3 is 2.70 bits per heavy atom. The summed E-state index contributed by atoms with van der Waals surface area (Å²) in [4.78, 5) is 14.5. The van der Waals surface area contributed by atoms with E-state index in [1.54, 1.807) is 12.1 Å². The van der Waals surface area contributed by atoms with E-state index >= 15 is 0 Å². The molecular formula is C21H22BrFN2O2. The molecule has 0 unspecified atom stereocenters. The third kappa shape index (κ3) is 5.99. The zero-order valence-electron chi connectivity index (χ0n) is 15.0. The van der Waals surface area contributed by atoms with Crippen LogP contribution in [0.4, 0.5) is 4.39 Å². The van der Waals surface area contributed by atoms with Gasteiger partial charge >= 0.3 is 0 Å². The van der Waals surface area contributed by atoms with Crippen LogP contribution in [0.15, 0.2) is 53.0 Å². The van der Waals surface area contributed by atoms with E-state index in [4.69, 9.17) is 4.74 Å². The fourth-order valence-corrected chi connectivity index (χ4v) is 3.31. The zero-order valence-corrected chi connectivity index (χ0v) is 16.5. The van der Waals surface area contributed by atoms with Crippen LogP contribution in [0.25, 0.3) is 6.08 Å². The summed E-state index contributed by atoms with van der Waals surface area (Å²) in [5.41, 5.74) is 2.65. The lowest BCUT2D eigenvalue weighted by Gasteiger charge is -2.27. The van der Waals surface area contributed by atoms with E-state index in [2.05, 4.69) is 32.2 Å². The smallest absolute Gasteiger partial charge is 0.244 e. The number of ether oxygens (including phenoxy) is 1. The number of carbonyl (C=O) groups excluding carboxylic acids is 1. The molecule has 27 heavy (non-hydrogen) atoms. The summed E-state index contributed by atoms with van der Waals surface area (Å²) in [6.45, 7) is 4.63. The van der Waals surface area contributed by atoms with Crippen LogP contribution < -0.4 is 5.32 Å². The second kappa shape index (κ2) is 9.78. The molecular weight excluding hydrogens is 411 g/mol. The molecule has 1 aliphatic rings. The fourth-order valence-electron chi connectivity index (χ4n) is 2.93. The molecule has 0 radical (unpaired) electrons. The van der Waals surface area contributed by atoms with Gasteiger partial charge in [-0.3, -0.25) is 9.69 Å². The van der Waals surface area contributed by atoms with Gasteiger partial charge in [-0.1, -0.05) is 40.2 Å². The largest absolute Gasteiger partial charge is 0.379 e. The number of hydrogen-bond donors (Lipinski definition) is 1. The van der Waals surface area contributed by atoms with E-state index < -0.39 is 0 Å². The van der Waals surface area contributed by atoms with Gasteiger partial charge < -0.3 is 10.1 Å². The molecule has 0 aromatic heterocycles. The van der Waals surface area contributed by atoms with E-state index in [-0.39, 0.29) is 11.7 Å². The highest BCUT2D eigenvalue weighted by Gasteiger charge is 2.12. The first-order chi connectivity index (χ1) is 13.1. The van der Waals surface area contributed by atoms with Crippen molar-refractivity contribution in [3.8, 4) is 0 Å². The van der Waals surface area contributed by atoms with Gasteiger partial charge in [0.1, 0.15) is 5.82 Å². The van der Waals surface area contributed by atoms with Gasteiger partial charge in [0.05, 0.1) is 13.2 Å². The molecule has 142 valence electrons. The van der Waals surface area contributed by atoms with Gasteiger partial charge in [-0.15, -0.1) is 0 Å². The van der Waals surface area contributed by atoms with Gasteiger partial charge in [-0.25, -0.2) is 4.39 Å². The molecule has 6 heteroatoms. The standard InChI is InChI=1S/C21H22BrFN2O2/c22-19-6-7-20(23)16(13-19)5-8-21(26)24-14-17-3-1-2-4-18(17)15-25-9-11-27-12-10-25/h1-8,13H,9-12,14-15H2,(H,24,26)/b8-5+. The lowest BCUT2D eigenvalue weighted by Crippen LogP contribution is -2.36. The van der Waals surface area contributed by atoms with Crippen molar-refractivity contribution in [3.63, 3.8) is 0 Å². The number of nitrogens with zero attached hydrogens (tertiary/aromatic N) is 1. The highest BCUT2D eigenvalue weighted by molar-refractivity contribution is 9.10. The summed E-state index contributed by atoms with van der Waals surface area (Å²) in [5.74, 6) is -0.617. The molecule has 1 fully saturated rings. The molecule has 1 aliphatic heterocycles. The Morgan fingerprint density at radius 2 is 1.93 bits per heavy atom. The SMILES string of the molecule is O=C(/C=C/c1cc(Br)ccc1F)NCc1ccccc1CN1CCOCC1. The minimum Gasteiger partial charge on any atom is -0.379 e. The Kier molecular flexibility index (Phi) is 7.15. The van der Waals surface area contributed by atoms with Crippen molar-refractivity contribution >= 4 is 27.9 Å². The molecule has 1 amide bonds. The number of amides is 1. The molecule has 0 saturated carbocycles. The summed E-state index contributed by atoms with van der Waals surface area (Å²) in [6.07, 6.45) is 2.84. The number of hydrogen-bond acceptors (Lipinski definition) is 3. The van der Waals surface area contributed by atoms with E-state index in [0.717, 1.165) is 42.9 Å². The molecule has 1 N–H and O–H groups in total. The first kappa shape index (κ1) is 19.7. The fraction of sp³-hybridized carbons (Fsp3) is 0.286. The zero-order chi connectivity index (χ0) is 19.1. The van der Waals surface area contributed by atoms with Crippen LogP contribution in [0.1, 0.15) is 16.7 Å². The van der Waals surface area contributed by atoms with Crippen LogP contribution >= 0.6 is 15.9 Å². The minimum absolute atomic E-state index is 0.254. The van der Waals surface area contributed by atoms with Crippen LogP contribution in [0, 0.1) is 5.82 Å². The second-order valence-corrected chi connectivity index (χ2v) is 7.29. The number of benzene rings is 2. The summed E-state index contributed by atoms with van der Waals surface area (Å²) in [5, 5.41) is 2.88. The molecule has 0 atom stereocenters. The lowest BCUT2D eigenvalue weighted by molar-refractivity contribution is -0.116. The number of carbonyl (C=O) groups is 1. The van der Waals surface area contributed by atoms with E-state index in [0.29, 0.717) is 12.1 Å². The maximum Gasteiger partial charge on any atom is 0.244 e. The maximum atomic E-state index is 13.7. The quantitative estimate of drug-likeness (QED) is 0.706. The van der Waals surface area contributed by atoms with Crippen LogP contribution in [0.3, 0.4) is 0 Å². The topological polar surface area (TPSA) is 41.6 Å². The van der Waals surface area contributed by atoms with Crippen LogP contribution in [0.5, 0.6) is 0 Å². The Hall–Kier alpha value is -2.02. The molecule has 2 aromatic carbocycles. The van der Waals surface area contributed by atoms with E-state index in [1.807, 2.05) is 18.2 Å². The highest BCUT2D eigenvalue weighted by atomic mass is 79.9. The lowest BCUT2D eigenvalue weighted by atomic mass is 10.1. The first-order valence-corrected chi connectivity index (χ1v) is 9.69. The number of nitrogens with one attached hydrogen (secondary N) is 1. The van der Waals surface area contributed by atoms with Gasteiger partial charge in [-0.2, -0.15) is 0 Å². The van der Waals surface area contributed by atoms with Crippen molar-refractivity contribution < 1.29 is 13.9 Å². The van der Waals surface area contributed by atoms with Gasteiger partial charge in [0.25, 0.3) is 0 Å². The number of morpholine rings is 1. The molecule has 4 nitrogen and oxygen atoms in total. The second-order valence-electron chi connectivity index (χ2n) is 6.37. The summed E-state index contributed by atoms with van der Waals surface area (Å²) < 4.78 is 19.9. The molecule has 1 saturated heterocycles. The first-order valence-electron chi connectivity index (χ1n) is 8.89. The van der Waals surface area contributed by atoms with Gasteiger partial charge in [0, 0.05) is 42.3 Å². The third-order valence-electron chi connectivity index (χ3n) is 4.44. The van der Waals surface area contributed by atoms with E-state index in [1.165, 1.54) is 23.8 Å². The van der Waals surface area contributed by atoms with Crippen molar-refractivity contribution in [2.75, 3.05) is 26.3 Å². The van der Waals surface area contributed by atoms with Crippen LogP contribution in [-0.4, -0.2) is 37.1 Å². The number of rotatable bonds is 6. The van der Waals surface area contributed by atoms with Crippen LogP contribution in [-0.2, 0) is 22.6 Å². The van der Waals surface area contributed by atoms with Crippen LogP contribution in [0.2, 0.25) is 0 Å². The minimum atomic E-state index is -0.363. The Morgan fingerprint density at radius 1 is 1.19 bits per heavy atom. The van der Waals surface area contributed by atoms with E-state index in [9.17, 15) is 9.18 Å². The predicted molar refractivity (Wildman–Crippen MR) is 108 cm³/mol. The predicted octanol–water partition coefficient (Wildman–Crippen LogP) is 3.75. The Bertz CT molecular complexity index is 820. The third-order valence-corrected chi connectivity index (χ3v) is 4.93. The molecule has 0 aliphatic carbocycles. The Labute approximate surface area is 167 Å². The van der Waals surface area contributed by atoms with Crippen molar-refractivity contribution in [2.45, 2.75) is 13.1 Å². The summed E-state index contributed by atoms with van der Waals surface area (Å²) in [7, 11) is 0. The molecule has 1 heterocycles. The van der Waals surface area contributed by atoms with Crippen molar-refractivity contribution in [2.24, 2.45) is 0 Å². The van der Waals surface area contributed by atoms with Gasteiger partial charge in [0.2, 0.25) is 5.91 Å². The summed E-state index contributed by atoms with van der Waals surface area (Å²) >= 11 is 3.30. The molecule has 0 bridgehead atoms. The monoisotopic (exact) mass is 432 g/mol. The number of halogens is 2. The van der Waals surface area contributed by atoms with Crippen molar-refractivity contribution in [3.05, 3.63) is 75.5 Å². The molecule has 3 rings (SSSR count). The molecule has 2 aromatic rings. The molecule has 0 spiro atoms. The highest BCUT2D eigenvalue weighted by Crippen LogP contribution is 2.17. The average Bonchev–Trinajstić information content (AvgIpc) is 2.69. The Balaban J connectivity index is 1.58. The van der Waals surface area contributed by atoms with Gasteiger partial charge in [0.15, 0.2) is 0 Å². The normalized spacial score (nSPS) is 15.2. The maximum absolute atomic E-state index is 13.7. The van der Waals surface area contributed by atoms with Crippen molar-refractivity contribution in [1.82, 2.24) is 10.2 Å². The van der Waals surface area contributed by atoms with Gasteiger partial charge in [-0.05, 0) is 35.4 Å². The summed E-state index contributed by atoms with van der Waals surface area (Å²) in [6, 6.07) is 12.7.